The molecule has 1 heteroatoms. The molecule has 14 heavy (non-hydrogen) atoms. The molecule has 0 heterocycles. The Balaban J connectivity index is 2.75. The molecule has 0 aliphatic heterocycles. The number of hydrogen-bond acceptors (Lipinski definition) is 0. The van der Waals surface area contributed by atoms with E-state index in [0.717, 1.165) is 17.6 Å². The van der Waals surface area contributed by atoms with Gasteiger partial charge in [0.25, 0.3) is 0 Å². The maximum absolute atomic E-state index is 3.87. The summed E-state index contributed by atoms with van der Waals surface area (Å²) in [4.78, 5) is 0. The molecule has 0 aromatic heterocycles. The predicted molar refractivity (Wildman–Crippen MR) is 61.6 cm³/mol. The van der Waals surface area contributed by atoms with Gasteiger partial charge in [-0.05, 0) is 12.7 Å². The van der Waals surface area contributed by atoms with Gasteiger partial charge in [0.2, 0.25) is 0 Å². The lowest BCUT2D eigenvalue weighted by Gasteiger charge is -2.28. The monoisotopic (exact) mass is 188 g/mol. The van der Waals surface area contributed by atoms with Crippen LogP contribution < -0.4 is 0 Å². The molecule has 0 amide bonds. The number of nitrogens with zero attached hydrogens (tertiary/aromatic N) is 1. The minimum atomic E-state index is 0.799. The fourth-order valence-electron chi connectivity index (χ4n) is 1.50. The van der Waals surface area contributed by atoms with Crippen molar-refractivity contribution in [2.75, 3.05) is 13.6 Å². The summed E-state index contributed by atoms with van der Waals surface area (Å²) in [7, 11) is 2.15. The number of quaternary nitrogens is 1. The number of rotatable bonds is 5. The highest BCUT2D eigenvalue weighted by Gasteiger charge is 2.15. The van der Waals surface area contributed by atoms with Gasteiger partial charge in [0.15, 0.2) is 0 Å². The third-order valence-corrected chi connectivity index (χ3v) is 2.37. The fraction of sp³-hybridized carbons (Fsp3) is 0.231. The summed E-state index contributed by atoms with van der Waals surface area (Å²) < 4.78 is 0.799. The molecule has 0 saturated heterocycles. The first-order valence-electron chi connectivity index (χ1n) is 4.83. The molecule has 0 N–H and O–H groups in total. The Hall–Kier alpha value is -1.34. The van der Waals surface area contributed by atoms with Gasteiger partial charge in [0.05, 0.1) is 13.2 Å². The highest BCUT2D eigenvalue weighted by molar-refractivity contribution is 5.13. The van der Waals surface area contributed by atoms with Crippen LogP contribution in [0.15, 0.2) is 55.8 Å². The number of hydrogen-bond donors (Lipinski definition) is 0. The summed E-state index contributed by atoms with van der Waals surface area (Å²) in [6.45, 7) is 9.53. The molecule has 0 spiro atoms. The van der Waals surface area contributed by atoms with E-state index in [-0.39, 0.29) is 0 Å². The van der Waals surface area contributed by atoms with Crippen molar-refractivity contribution in [3.8, 4) is 0 Å². The van der Waals surface area contributed by atoms with Crippen molar-refractivity contribution in [2.45, 2.75) is 6.54 Å². The molecule has 0 aliphatic carbocycles. The van der Waals surface area contributed by atoms with Gasteiger partial charge in [-0.15, -0.1) is 0 Å². The smallest absolute Gasteiger partial charge is 0.109 e. The average molecular weight is 188 g/mol. The Bertz CT molecular complexity index is 302. The van der Waals surface area contributed by atoms with E-state index in [1.807, 2.05) is 18.3 Å². The van der Waals surface area contributed by atoms with Crippen molar-refractivity contribution in [2.24, 2.45) is 0 Å². The molecule has 1 aromatic rings. The zero-order chi connectivity index (χ0) is 10.4. The lowest BCUT2D eigenvalue weighted by Crippen LogP contribution is -2.37. The lowest BCUT2D eigenvalue weighted by molar-refractivity contribution is -0.867. The van der Waals surface area contributed by atoms with Gasteiger partial charge in [-0.25, -0.2) is 0 Å². The summed E-state index contributed by atoms with van der Waals surface area (Å²) >= 11 is 0. The second-order valence-corrected chi connectivity index (χ2v) is 3.78. The van der Waals surface area contributed by atoms with Crippen LogP contribution in [0.1, 0.15) is 5.56 Å². The molecular formula is C13H18N+. The van der Waals surface area contributed by atoms with Crippen LogP contribution >= 0.6 is 0 Å². The molecule has 1 unspecified atom stereocenters. The van der Waals surface area contributed by atoms with Gasteiger partial charge < -0.3 is 0 Å². The minimum Gasteiger partial charge on any atom is -0.293 e. The molecule has 1 aromatic carbocycles. The van der Waals surface area contributed by atoms with Crippen molar-refractivity contribution >= 4 is 0 Å². The minimum absolute atomic E-state index is 0.799. The molecule has 0 aliphatic rings. The quantitative estimate of drug-likeness (QED) is 0.492. The third-order valence-electron chi connectivity index (χ3n) is 2.37. The van der Waals surface area contributed by atoms with E-state index in [9.17, 15) is 0 Å². The van der Waals surface area contributed by atoms with Gasteiger partial charge in [0, 0.05) is 5.56 Å². The first kappa shape index (κ1) is 10.7. The topological polar surface area (TPSA) is 0 Å². The van der Waals surface area contributed by atoms with E-state index < -0.39 is 0 Å². The normalized spacial score (nSPS) is 14.4. The van der Waals surface area contributed by atoms with E-state index in [1.165, 1.54) is 5.56 Å². The van der Waals surface area contributed by atoms with Crippen molar-refractivity contribution in [1.29, 1.82) is 0 Å². The fourth-order valence-corrected chi connectivity index (χ4v) is 1.50. The molecule has 0 saturated carbocycles. The van der Waals surface area contributed by atoms with Crippen LogP contribution in [0.3, 0.4) is 0 Å². The summed E-state index contributed by atoms with van der Waals surface area (Å²) in [6.07, 6.45) is 3.90. The van der Waals surface area contributed by atoms with Gasteiger partial charge in [-0.2, -0.15) is 0 Å². The average Bonchev–Trinajstić information content (AvgIpc) is 2.20. The van der Waals surface area contributed by atoms with Crippen LogP contribution in [0.4, 0.5) is 0 Å². The Morgan fingerprint density at radius 2 is 1.86 bits per heavy atom. The molecule has 0 fully saturated rings. The highest BCUT2D eigenvalue weighted by atomic mass is 15.3. The van der Waals surface area contributed by atoms with Crippen molar-refractivity contribution in [1.82, 2.24) is 0 Å². The summed E-state index contributed by atoms with van der Waals surface area (Å²) in [5.74, 6) is 0. The SMILES string of the molecule is C=CC[N+](C)(C=C)Cc1ccccc1. The number of likely N-dealkylation sites (N-methyl/N-ethyl adjacent to an activating group) is 1. The molecule has 1 atom stereocenters. The highest BCUT2D eigenvalue weighted by Crippen LogP contribution is 2.11. The Labute approximate surface area is 86.6 Å². The third kappa shape index (κ3) is 2.86. The first-order chi connectivity index (χ1) is 6.70. The second-order valence-electron chi connectivity index (χ2n) is 3.78. The molecular weight excluding hydrogens is 170 g/mol. The maximum atomic E-state index is 3.87. The van der Waals surface area contributed by atoms with E-state index >= 15 is 0 Å². The van der Waals surface area contributed by atoms with Gasteiger partial charge in [-0.1, -0.05) is 36.9 Å². The van der Waals surface area contributed by atoms with Crippen LogP contribution in [0.5, 0.6) is 0 Å². The standard InChI is InChI=1S/C13H18N/c1-4-11-14(3,5-2)12-13-9-7-6-8-10-13/h4-10H,1-2,11-12H2,3H3/q+1. The van der Waals surface area contributed by atoms with Crippen LogP contribution in [-0.2, 0) is 6.54 Å². The van der Waals surface area contributed by atoms with Crippen LogP contribution in [0, 0.1) is 0 Å². The molecule has 0 bridgehead atoms. The summed E-state index contributed by atoms with van der Waals surface area (Å²) in [5.41, 5.74) is 1.33. The van der Waals surface area contributed by atoms with Crippen molar-refractivity contribution in [3.63, 3.8) is 0 Å². The zero-order valence-electron chi connectivity index (χ0n) is 8.82. The second kappa shape index (κ2) is 4.77. The predicted octanol–water partition coefficient (Wildman–Crippen LogP) is 2.96. The van der Waals surface area contributed by atoms with Crippen LogP contribution in [0.25, 0.3) is 0 Å². The molecule has 74 valence electrons. The number of benzene rings is 1. The van der Waals surface area contributed by atoms with Crippen molar-refractivity contribution < 1.29 is 4.48 Å². The molecule has 1 rings (SSSR count). The van der Waals surface area contributed by atoms with E-state index in [4.69, 9.17) is 0 Å². The molecule has 1 nitrogen and oxygen atoms in total. The zero-order valence-corrected chi connectivity index (χ0v) is 8.82. The van der Waals surface area contributed by atoms with E-state index in [0.29, 0.717) is 0 Å². The van der Waals surface area contributed by atoms with Gasteiger partial charge in [-0.3, -0.25) is 4.48 Å². The first-order valence-corrected chi connectivity index (χ1v) is 4.83. The Morgan fingerprint density at radius 3 is 2.36 bits per heavy atom. The van der Waals surface area contributed by atoms with E-state index in [1.54, 1.807) is 0 Å². The summed E-state index contributed by atoms with van der Waals surface area (Å²) in [5, 5.41) is 0. The van der Waals surface area contributed by atoms with Gasteiger partial charge in [0.1, 0.15) is 13.1 Å². The van der Waals surface area contributed by atoms with Gasteiger partial charge >= 0.3 is 0 Å². The van der Waals surface area contributed by atoms with E-state index in [2.05, 4.69) is 44.5 Å². The van der Waals surface area contributed by atoms with Crippen LogP contribution in [-0.4, -0.2) is 18.1 Å². The molecule has 0 radical (unpaired) electrons. The van der Waals surface area contributed by atoms with Crippen LogP contribution in [0.2, 0.25) is 0 Å². The van der Waals surface area contributed by atoms with Crippen molar-refractivity contribution in [3.05, 3.63) is 61.3 Å². The Kier molecular flexibility index (Phi) is 3.66. The Morgan fingerprint density at radius 1 is 1.21 bits per heavy atom. The summed E-state index contributed by atoms with van der Waals surface area (Å²) in [6, 6.07) is 10.5. The lowest BCUT2D eigenvalue weighted by atomic mass is 10.2. The largest absolute Gasteiger partial charge is 0.293 e. The maximum Gasteiger partial charge on any atom is 0.109 e.